The molecule has 1 N–H and O–H groups in total. The molecular weight excluding hydrogens is 336 g/mol. The van der Waals surface area contributed by atoms with Gasteiger partial charge in [0.25, 0.3) is 0 Å². The molecule has 3 saturated heterocycles. The number of hydrogen-bond acceptors (Lipinski definition) is 6. The fraction of sp³-hybridized carbons (Fsp3) is 0.800. The van der Waals surface area contributed by atoms with Crippen molar-refractivity contribution in [3.05, 3.63) is 12.2 Å². The molecule has 6 nitrogen and oxygen atoms in total. The Bertz CT molecular complexity index is 761. The van der Waals surface area contributed by atoms with Crippen molar-refractivity contribution < 1.29 is 28.9 Å². The van der Waals surface area contributed by atoms with Crippen molar-refractivity contribution in [2.45, 2.75) is 51.1 Å². The molecule has 0 amide bonds. The van der Waals surface area contributed by atoms with Crippen LogP contribution in [-0.4, -0.2) is 48.6 Å². The Balaban J connectivity index is 1.58. The largest absolute Gasteiger partial charge is 0.464 e. The van der Waals surface area contributed by atoms with E-state index in [4.69, 9.17) is 14.2 Å². The highest BCUT2D eigenvalue weighted by Crippen LogP contribution is 2.72. The van der Waals surface area contributed by atoms with Crippen LogP contribution < -0.4 is 0 Å². The highest BCUT2D eigenvalue weighted by Gasteiger charge is 2.80. The van der Waals surface area contributed by atoms with E-state index in [9.17, 15) is 14.7 Å². The molecule has 140 valence electrons. The first-order chi connectivity index (χ1) is 12.3. The van der Waals surface area contributed by atoms with Crippen LogP contribution in [0.1, 0.15) is 32.6 Å². The molecule has 6 rings (SSSR count). The van der Waals surface area contributed by atoms with Crippen molar-refractivity contribution in [1.82, 2.24) is 0 Å². The van der Waals surface area contributed by atoms with Gasteiger partial charge in [-0.2, -0.15) is 0 Å². The number of rotatable bonds is 0. The SMILES string of the molecule is C=C1C(=O)[C@]23C[C@H]1C[C@@H](O)[C@H]2[C@@]1(COC3=O)C2[C@@H]3OC[C@]2(C)CC[C@@H]1O3. The van der Waals surface area contributed by atoms with Crippen LogP contribution in [0.25, 0.3) is 0 Å². The van der Waals surface area contributed by atoms with Crippen LogP contribution in [0, 0.1) is 34.0 Å². The Kier molecular flexibility index (Phi) is 2.68. The molecule has 3 saturated carbocycles. The third-order valence-corrected chi connectivity index (χ3v) is 8.65. The average Bonchev–Trinajstić information content (AvgIpc) is 3.12. The van der Waals surface area contributed by atoms with Crippen LogP contribution in [0.5, 0.6) is 0 Å². The standard InChI is InChI=1S/C20H24O6/c1-9-10-5-11(21)13-19(6-10,15(9)22)17(23)25-8-20(13)12-3-4-18(2)7-24-16(26-12)14(18)20/h10-14,16,21H,1,3-8H2,2H3/t10-,11-,12+,13-,14?,16-,18+,19+,20+/m1/s1. The van der Waals surface area contributed by atoms with E-state index in [0.717, 1.165) is 12.8 Å². The number of Topliss-reactive ketones (excluding diaryl/α,β-unsaturated/α-hetero) is 1. The second-order valence-corrected chi connectivity index (χ2v) is 9.67. The van der Waals surface area contributed by atoms with Gasteiger partial charge in [-0.15, -0.1) is 0 Å². The summed E-state index contributed by atoms with van der Waals surface area (Å²) in [6, 6.07) is 0. The number of esters is 1. The molecule has 6 aliphatic rings. The second-order valence-electron chi connectivity index (χ2n) is 9.67. The smallest absolute Gasteiger partial charge is 0.320 e. The van der Waals surface area contributed by atoms with Crippen LogP contribution in [-0.2, 0) is 23.8 Å². The normalized spacial score (nSPS) is 59.7. The minimum atomic E-state index is -1.28. The van der Waals surface area contributed by atoms with Crippen molar-refractivity contribution in [3.63, 3.8) is 0 Å². The van der Waals surface area contributed by atoms with Crippen molar-refractivity contribution in [1.29, 1.82) is 0 Å². The molecule has 1 unspecified atom stereocenters. The first-order valence-corrected chi connectivity index (χ1v) is 9.70. The van der Waals surface area contributed by atoms with Crippen molar-refractivity contribution in [2.24, 2.45) is 34.0 Å². The van der Waals surface area contributed by atoms with Crippen LogP contribution in [0.2, 0.25) is 0 Å². The lowest BCUT2D eigenvalue weighted by atomic mass is 9.44. The molecule has 2 spiro atoms. The van der Waals surface area contributed by atoms with Gasteiger partial charge in [0.1, 0.15) is 12.0 Å². The Morgan fingerprint density at radius 1 is 1.23 bits per heavy atom. The molecule has 3 aliphatic carbocycles. The highest BCUT2D eigenvalue weighted by molar-refractivity contribution is 6.15. The summed E-state index contributed by atoms with van der Waals surface area (Å²) in [6.07, 6.45) is 1.57. The molecular formula is C20H24O6. The lowest BCUT2D eigenvalue weighted by Crippen LogP contribution is -2.68. The maximum Gasteiger partial charge on any atom is 0.320 e. The van der Waals surface area contributed by atoms with Gasteiger partial charge in [-0.1, -0.05) is 13.5 Å². The Labute approximate surface area is 151 Å². The van der Waals surface area contributed by atoms with Gasteiger partial charge in [0.05, 0.1) is 18.8 Å². The molecule has 0 aromatic heterocycles. The summed E-state index contributed by atoms with van der Waals surface area (Å²) in [5.74, 6) is -1.24. The molecule has 6 heteroatoms. The zero-order valence-electron chi connectivity index (χ0n) is 14.9. The van der Waals surface area contributed by atoms with Gasteiger partial charge >= 0.3 is 5.97 Å². The number of allylic oxidation sites excluding steroid dienone is 1. The number of ether oxygens (including phenoxy) is 3. The molecule has 9 atom stereocenters. The second kappa shape index (κ2) is 4.42. The predicted molar refractivity (Wildman–Crippen MR) is 87.6 cm³/mol. The van der Waals surface area contributed by atoms with E-state index >= 15 is 0 Å². The maximum atomic E-state index is 13.2. The van der Waals surface area contributed by atoms with Gasteiger partial charge in [-0.25, -0.2) is 0 Å². The summed E-state index contributed by atoms with van der Waals surface area (Å²) < 4.78 is 18.0. The molecule has 3 aliphatic heterocycles. The lowest BCUT2D eigenvalue weighted by molar-refractivity contribution is -0.231. The molecule has 26 heavy (non-hydrogen) atoms. The van der Waals surface area contributed by atoms with E-state index in [-0.39, 0.29) is 42.0 Å². The maximum absolute atomic E-state index is 13.2. The minimum Gasteiger partial charge on any atom is -0.464 e. The van der Waals surface area contributed by atoms with E-state index in [2.05, 4.69) is 13.5 Å². The number of carbonyl (C=O) groups excluding carboxylic acids is 2. The Hall–Kier alpha value is -1.24. The third-order valence-electron chi connectivity index (χ3n) is 8.65. The molecule has 0 aromatic carbocycles. The van der Waals surface area contributed by atoms with Crippen molar-refractivity contribution in [2.75, 3.05) is 13.2 Å². The number of aliphatic hydroxyl groups excluding tert-OH is 1. The quantitative estimate of drug-likeness (QED) is 0.397. The van der Waals surface area contributed by atoms with Gasteiger partial charge < -0.3 is 19.3 Å². The monoisotopic (exact) mass is 360 g/mol. The first kappa shape index (κ1) is 15.8. The molecule has 6 fully saturated rings. The molecule has 0 aromatic rings. The lowest BCUT2D eigenvalue weighted by Gasteiger charge is -2.59. The van der Waals surface area contributed by atoms with Crippen LogP contribution in [0.3, 0.4) is 0 Å². The van der Waals surface area contributed by atoms with Crippen LogP contribution in [0.15, 0.2) is 12.2 Å². The summed E-state index contributed by atoms with van der Waals surface area (Å²) >= 11 is 0. The fourth-order valence-electron chi connectivity index (χ4n) is 7.75. The summed E-state index contributed by atoms with van der Waals surface area (Å²) in [6.45, 7) is 6.99. The van der Waals surface area contributed by atoms with Crippen molar-refractivity contribution in [3.8, 4) is 0 Å². The minimum absolute atomic E-state index is 0.0385. The molecule has 0 radical (unpaired) electrons. The number of hydrogen-bond donors (Lipinski definition) is 1. The number of fused-ring (bicyclic) bond motifs is 1. The van der Waals surface area contributed by atoms with Crippen LogP contribution >= 0.6 is 0 Å². The number of ketones is 1. The van der Waals surface area contributed by atoms with Crippen LogP contribution in [0.4, 0.5) is 0 Å². The summed E-state index contributed by atoms with van der Waals surface area (Å²) in [4.78, 5) is 26.2. The van der Waals surface area contributed by atoms with E-state index in [1.54, 1.807) is 0 Å². The molecule has 3 heterocycles. The number of cyclic esters (lactones) is 1. The number of carbonyl (C=O) groups is 2. The van der Waals surface area contributed by atoms with Crippen molar-refractivity contribution >= 4 is 11.8 Å². The predicted octanol–water partition coefficient (Wildman–Crippen LogP) is 1.21. The topological polar surface area (TPSA) is 82.1 Å². The number of aliphatic hydroxyl groups is 1. The van der Waals surface area contributed by atoms with Gasteiger partial charge in [-0.05, 0) is 42.6 Å². The average molecular weight is 360 g/mol. The fourth-order valence-corrected chi connectivity index (χ4v) is 7.75. The van der Waals surface area contributed by atoms with E-state index in [1.807, 2.05) is 0 Å². The first-order valence-electron chi connectivity index (χ1n) is 9.70. The van der Waals surface area contributed by atoms with E-state index in [1.165, 1.54) is 0 Å². The van der Waals surface area contributed by atoms with Gasteiger partial charge in [0, 0.05) is 17.3 Å². The third kappa shape index (κ3) is 1.40. The summed E-state index contributed by atoms with van der Waals surface area (Å²) in [5, 5.41) is 11.2. The zero-order chi connectivity index (χ0) is 18.1. The van der Waals surface area contributed by atoms with E-state index in [0.29, 0.717) is 25.0 Å². The van der Waals surface area contributed by atoms with Gasteiger partial charge in [0.15, 0.2) is 12.1 Å². The molecule has 4 bridgehead atoms. The zero-order valence-corrected chi connectivity index (χ0v) is 14.9. The van der Waals surface area contributed by atoms with E-state index < -0.39 is 28.8 Å². The highest BCUT2D eigenvalue weighted by atomic mass is 16.7. The Morgan fingerprint density at radius 2 is 2.04 bits per heavy atom. The van der Waals surface area contributed by atoms with Gasteiger partial charge in [0.2, 0.25) is 0 Å². The summed E-state index contributed by atoms with van der Waals surface area (Å²) in [5.41, 5.74) is -1.42. The summed E-state index contributed by atoms with van der Waals surface area (Å²) in [7, 11) is 0. The van der Waals surface area contributed by atoms with Gasteiger partial charge in [-0.3, -0.25) is 9.59 Å². The Morgan fingerprint density at radius 3 is 2.85 bits per heavy atom.